The number of piperazine rings is 1. The molecule has 6 heteroatoms. The third-order valence-corrected chi connectivity index (χ3v) is 3.20. The molecule has 1 aromatic carbocycles. The number of urea groups is 1. The molecule has 1 fully saturated rings. The summed E-state index contributed by atoms with van der Waals surface area (Å²) in [6, 6.07) is 5.38. The number of carbonyl (C=O) groups excluding carboxylic acids is 1. The minimum absolute atomic E-state index is 0.0711. The number of rotatable bonds is 1. The number of hydrogen-bond donors (Lipinski definition) is 2. The van der Waals surface area contributed by atoms with E-state index in [2.05, 4.69) is 10.6 Å². The monoisotopic (exact) mass is 263 g/mol. The van der Waals surface area contributed by atoms with Gasteiger partial charge in [-0.05, 0) is 12.1 Å². The molecule has 2 aliphatic rings. The molecular weight excluding hydrogens is 246 g/mol. The molecule has 3 rings (SSSR count). The van der Waals surface area contributed by atoms with Crippen LogP contribution in [0.5, 0.6) is 11.5 Å². The van der Waals surface area contributed by atoms with Gasteiger partial charge in [-0.15, -0.1) is 0 Å². The van der Waals surface area contributed by atoms with E-state index in [1.54, 1.807) is 11.0 Å². The van der Waals surface area contributed by atoms with Gasteiger partial charge in [-0.3, -0.25) is 0 Å². The molecule has 6 nitrogen and oxygen atoms in total. The van der Waals surface area contributed by atoms with Crippen molar-refractivity contribution >= 4 is 11.7 Å². The van der Waals surface area contributed by atoms with Crippen molar-refractivity contribution in [2.75, 3.05) is 44.7 Å². The number of benzene rings is 1. The molecule has 0 saturated carbocycles. The lowest BCUT2D eigenvalue weighted by Crippen LogP contribution is -2.48. The second kappa shape index (κ2) is 5.36. The van der Waals surface area contributed by atoms with Crippen LogP contribution in [0.2, 0.25) is 0 Å². The SMILES string of the molecule is O=C(Nc1ccc2c(c1)OCCO2)N1CCNCC1. The van der Waals surface area contributed by atoms with Gasteiger partial charge in [0.1, 0.15) is 13.2 Å². The Kier molecular flexibility index (Phi) is 3.41. The van der Waals surface area contributed by atoms with E-state index in [9.17, 15) is 4.79 Å². The van der Waals surface area contributed by atoms with E-state index in [0.29, 0.717) is 19.0 Å². The molecule has 19 heavy (non-hydrogen) atoms. The Morgan fingerprint density at radius 3 is 2.68 bits per heavy atom. The highest BCUT2D eigenvalue weighted by atomic mass is 16.6. The fourth-order valence-corrected chi connectivity index (χ4v) is 2.19. The second-order valence-electron chi connectivity index (χ2n) is 4.53. The van der Waals surface area contributed by atoms with E-state index in [0.717, 1.165) is 37.6 Å². The Bertz CT molecular complexity index is 472. The van der Waals surface area contributed by atoms with E-state index < -0.39 is 0 Å². The lowest BCUT2D eigenvalue weighted by Gasteiger charge is -2.27. The summed E-state index contributed by atoms with van der Waals surface area (Å²) in [5, 5.41) is 6.10. The van der Waals surface area contributed by atoms with Crippen LogP contribution in [0.25, 0.3) is 0 Å². The van der Waals surface area contributed by atoms with Crippen LogP contribution < -0.4 is 20.1 Å². The van der Waals surface area contributed by atoms with Crippen molar-refractivity contribution in [3.8, 4) is 11.5 Å². The highest BCUT2D eigenvalue weighted by molar-refractivity contribution is 5.89. The largest absolute Gasteiger partial charge is 0.486 e. The van der Waals surface area contributed by atoms with Crippen LogP contribution >= 0.6 is 0 Å². The van der Waals surface area contributed by atoms with Crippen LogP contribution in [-0.4, -0.2) is 50.3 Å². The van der Waals surface area contributed by atoms with Gasteiger partial charge in [0.25, 0.3) is 0 Å². The maximum atomic E-state index is 12.1. The van der Waals surface area contributed by atoms with Gasteiger partial charge in [-0.2, -0.15) is 0 Å². The number of anilines is 1. The number of amides is 2. The lowest BCUT2D eigenvalue weighted by molar-refractivity contribution is 0.171. The highest BCUT2D eigenvalue weighted by Gasteiger charge is 2.17. The maximum absolute atomic E-state index is 12.1. The molecule has 0 radical (unpaired) electrons. The molecule has 2 amide bonds. The second-order valence-corrected chi connectivity index (χ2v) is 4.53. The van der Waals surface area contributed by atoms with Crippen molar-refractivity contribution < 1.29 is 14.3 Å². The predicted molar refractivity (Wildman–Crippen MR) is 70.9 cm³/mol. The number of carbonyl (C=O) groups is 1. The van der Waals surface area contributed by atoms with Crippen LogP contribution in [0.15, 0.2) is 18.2 Å². The summed E-state index contributed by atoms with van der Waals surface area (Å²) >= 11 is 0. The normalized spacial score (nSPS) is 18.0. The van der Waals surface area contributed by atoms with Gasteiger partial charge in [-0.1, -0.05) is 0 Å². The van der Waals surface area contributed by atoms with Crippen LogP contribution in [0, 0.1) is 0 Å². The van der Waals surface area contributed by atoms with Gasteiger partial charge in [0.05, 0.1) is 0 Å². The van der Waals surface area contributed by atoms with Gasteiger partial charge in [0.2, 0.25) is 0 Å². The number of ether oxygens (including phenoxy) is 2. The van der Waals surface area contributed by atoms with E-state index in [1.165, 1.54) is 0 Å². The summed E-state index contributed by atoms with van der Waals surface area (Å²) in [5.74, 6) is 1.41. The molecular formula is C13H17N3O3. The van der Waals surface area contributed by atoms with Crippen molar-refractivity contribution in [1.82, 2.24) is 10.2 Å². The molecule has 0 aliphatic carbocycles. The first-order valence-electron chi connectivity index (χ1n) is 6.49. The Balaban J connectivity index is 1.67. The molecule has 2 N–H and O–H groups in total. The van der Waals surface area contributed by atoms with Crippen LogP contribution in [0.4, 0.5) is 10.5 Å². The topological polar surface area (TPSA) is 62.8 Å². The summed E-state index contributed by atoms with van der Waals surface area (Å²) in [7, 11) is 0. The fourth-order valence-electron chi connectivity index (χ4n) is 2.19. The third kappa shape index (κ3) is 2.73. The first-order valence-corrected chi connectivity index (χ1v) is 6.49. The zero-order valence-electron chi connectivity index (χ0n) is 10.6. The van der Waals surface area contributed by atoms with Crippen LogP contribution in [-0.2, 0) is 0 Å². The van der Waals surface area contributed by atoms with Crippen molar-refractivity contribution in [3.05, 3.63) is 18.2 Å². The first-order chi connectivity index (χ1) is 9.33. The van der Waals surface area contributed by atoms with E-state index in [1.807, 2.05) is 12.1 Å². The Labute approximate surface area is 111 Å². The van der Waals surface area contributed by atoms with Gasteiger partial charge in [-0.25, -0.2) is 4.79 Å². The summed E-state index contributed by atoms with van der Waals surface area (Å²) in [6.45, 7) is 4.26. The maximum Gasteiger partial charge on any atom is 0.321 e. The quantitative estimate of drug-likeness (QED) is 0.790. The van der Waals surface area contributed by atoms with Crippen LogP contribution in [0.3, 0.4) is 0 Å². The Morgan fingerprint density at radius 1 is 1.16 bits per heavy atom. The molecule has 0 atom stereocenters. The molecule has 102 valence electrons. The van der Waals surface area contributed by atoms with Crippen LogP contribution in [0.1, 0.15) is 0 Å². The molecule has 0 spiro atoms. The zero-order chi connectivity index (χ0) is 13.1. The average Bonchev–Trinajstić information content (AvgIpc) is 2.48. The lowest BCUT2D eigenvalue weighted by atomic mass is 10.2. The number of hydrogen-bond acceptors (Lipinski definition) is 4. The average molecular weight is 263 g/mol. The standard InChI is InChI=1S/C13H17N3O3/c17-13(16-5-3-14-4-6-16)15-10-1-2-11-12(9-10)19-8-7-18-11/h1-2,9,14H,3-8H2,(H,15,17). The zero-order valence-corrected chi connectivity index (χ0v) is 10.6. The molecule has 2 aliphatic heterocycles. The van der Waals surface area contributed by atoms with Crippen molar-refractivity contribution in [3.63, 3.8) is 0 Å². The summed E-state index contributed by atoms with van der Waals surface area (Å²) in [5.41, 5.74) is 0.729. The Hall–Kier alpha value is -1.95. The van der Waals surface area contributed by atoms with E-state index in [-0.39, 0.29) is 6.03 Å². The molecule has 1 saturated heterocycles. The first kappa shape index (κ1) is 12.1. The van der Waals surface area contributed by atoms with Crippen molar-refractivity contribution in [2.45, 2.75) is 0 Å². The molecule has 2 heterocycles. The van der Waals surface area contributed by atoms with E-state index >= 15 is 0 Å². The number of nitrogens with one attached hydrogen (secondary N) is 2. The smallest absolute Gasteiger partial charge is 0.321 e. The highest BCUT2D eigenvalue weighted by Crippen LogP contribution is 2.32. The third-order valence-electron chi connectivity index (χ3n) is 3.20. The van der Waals surface area contributed by atoms with Crippen molar-refractivity contribution in [1.29, 1.82) is 0 Å². The van der Waals surface area contributed by atoms with Gasteiger partial charge >= 0.3 is 6.03 Å². The predicted octanol–water partition coefficient (Wildman–Crippen LogP) is 0.895. The number of fused-ring (bicyclic) bond motifs is 1. The summed E-state index contributed by atoms with van der Waals surface area (Å²) in [4.78, 5) is 13.8. The molecule has 1 aromatic rings. The van der Waals surface area contributed by atoms with Gasteiger partial charge in [0.15, 0.2) is 11.5 Å². The minimum Gasteiger partial charge on any atom is -0.486 e. The molecule has 0 aromatic heterocycles. The van der Waals surface area contributed by atoms with Crippen molar-refractivity contribution in [2.24, 2.45) is 0 Å². The Morgan fingerprint density at radius 2 is 1.89 bits per heavy atom. The minimum atomic E-state index is -0.0711. The molecule has 0 unspecified atom stereocenters. The summed E-state index contributed by atoms with van der Waals surface area (Å²) in [6.07, 6.45) is 0. The van der Waals surface area contributed by atoms with E-state index in [4.69, 9.17) is 9.47 Å². The van der Waals surface area contributed by atoms with Gasteiger partial charge < -0.3 is 25.0 Å². The fraction of sp³-hybridized carbons (Fsp3) is 0.462. The van der Waals surface area contributed by atoms with Gasteiger partial charge in [0, 0.05) is 37.9 Å². The summed E-state index contributed by atoms with van der Waals surface area (Å²) < 4.78 is 10.9. The molecule has 0 bridgehead atoms. The number of nitrogens with zero attached hydrogens (tertiary/aromatic N) is 1.